The SMILES string of the molecule is CC(C)(C)OC(=O)C1CCN([C@@H](CC(=O)N2CCCC2=O)N=[N+]=[N-])CC1. The second-order valence-corrected chi connectivity index (χ2v) is 7.78. The average molecular weight is 365 g/mol. The molecule has 144 valence electrons. The van der Waals surface area contributed by atoms with Crippen molar-refractivity contribution in [3.05, 3.63) is 10.4 Å². The van der Waals surface area contributed by atoms with E-state index in [1.807, 2.05) is 25.7 Å². The normalized spacial score (nSPS) is 20.6. The first kappa shape index (κ1) is 20.2. The number of azide groups is 1. The Labute approximate surface area is 153 Å². The molecule has 0 aliphatic carbocycles. The van der Waals surface area contributed by atoms with Gasteiger partial charge in [0, 0.05) is 24.3 Å². The molecule has 2 fully saturated rings. The lowest BCUT2D eigenvalue weighted by atomic mass is 9.96. The number of imide groups is 1. The van der Waals surface area contributed by atoms with Crippen molar-refractivity contribution < 1.29 is 19.1 Å². The molecule has 2 aliphatic heterocycles. The van der Waals surface area contributed by atoms with E-state index in [-0.39, 0.29) is 30.1 Å². The minimum Gasteiger partial charge on any atom is -0.460 e. The van der Waals surface area contributed by atoms with Crippen LogP contribution in [0.1, 0.15) is 52.9 Å². The molecular weight excluding hydrogens is 338 g/mol. The van der Waals surface area contributed by atoms with Gasteiger partial charge in [0.2, 0.25) is 11.8 Å². The highest BCUT2D eigenvalue weighted by Gasteiger charge is 2.34. The van der Waals surface area contributed by atoms with Gasteiger partial charge < -0.3 is 4.74 Å². The zero-order chi connectivity index (χ0) is 19.3. The molecule has 9 heteroatoms. The van der Waals surface area contributed by atoms with E-state index in [9.17, 15) is 14.4 Å². The molecule has 0 aromatic rings. The maximum Gasteiger partial charge on any atom is 0.309 e. The predicted molar refractivity (Wildman–Crippen MR) is 93.6 cm³/mol. The molecule has 0 bridgehead atoms. The number of carbonyl (C=O) groups excluding carboxylic acids is 3. The van der Waals surface area contributed by atoms with E-state index >= 15 is 0 Å². The zero-order valence-electron chi connectivity index (χ0n) is 15.7. The Morgan fingerprint density at radius 3 is 2.46 bits per heavy atom. The van der Waals surface area contributed by atoms with Gasteiger partial charge in [0.05, 0.1) is 12.1 Å². The van der Waals surface area contributed by atoms with Crippen molar-refractivity contribution in [2.75, 3.05) is 19.6 Å². The lowest BCUT2D eigenvalue weighted by Gasteiger charge is -2.35. The molecule has 0 N–H and O–H groups in total. The second kappa shape index (κ2) is 8.51. The van der Waals surface area contributed by atoms with Crippen molar-refractivity contribution in [3.63, 3.8) is 0 Å². The van der Waals surface area contributed by atoms with E-state index in [0.717, 1.165) is 0 Å². The Morgan fingerprint density at radius 2 is 1.96 bits per heavy atom. The molecule has 2 saturated heterocycles. The molecule has 0 radical (unpaired) electrons. The average Bonchev–Trinajstić information content (AvgIpc) is 2.99. The van der Waals surface area contributed by atoms with Crippen LogP contribution in [0.2, 0.25) is 0 Å². The molecule has 26 heavy (non-hydrogen) atoms. The summed E-state index contributed by atoms with van der Waals surface area (Å²) in [5, 5.41) is 3.75. The highest BCUT2D eigenvalue weighted by Crippen LogP contribution is 2.24. The molecular formula is C17H27N5O4. The summed E-state index contributed by atoms with van der Waals surface area (Å²) in [4.78, 5) is 42.2. The number of rotatable bonds is 5. The minimum atomic E-state index is -0.638. The van der Waals surface area contributed by atoms with Crippen molar-refractivity contribution in [1.29, 1.82) is 0 Å². The molecule has 0 saturated carbocycles. The highest BCUT2D eigenvalue weighted by atomic mass is 16.6. The third-order valence-electron chi connectivity index (χ3n) is 4.61. The quantitative estimate of drug-likeness (QED) is 0.320. The molecule has 0 aromatic carbocycles. The zero-order valence-corrected chi connectivity index (χ0v) is 15.7. The van der Waals surface area contributed by atoms with E-state index in [1.165, 1.54) is 4.90 Å². The number of ether oxygens (including phenoxy) is 1. The predicted octanol–water partition coefficient (Wildman–Crippen LogP) is 2.22. The lowest BCUT2D eigenvalue weighted by Crippen LogP contribution is -2.45. The fourth-order valence-electron chi connectivity index (χ4n) is 3.30. The van der Waals surface area contributed by atoms with Crippen LogP contribution >= 0.6 is 0 Å². The van der Waals surface area contributed by atoms with Gasteiger partial charge in [-0.25, -0.2) is 0 Å². The fraction of sp³-hybridized carbons (Fsp3) is 0.824. The van der Waals surface area contributed by atoms with E-state index in [4.69, 9.17) is 10.3 Å². The van der Waals surface area contributed by atoms with Crippen molar-refractivity contribution in [1.82, 2.24) is 9.80 Å². The van der Waals surface area contributed by atoms with Crippen molar-refractivity contribution in [2.24, 2.45) is 11.0 Å². The number of amides is 2. The van der Waals surface area contributed by atoms with Crippen LogP contribution in [0, 0.1) is 5.92 Å². The first-order valence-electron chi connectivity index (χ1n) is 9.05. The summed E-state index contributed by atoms with van der Waals surface area (Å²) in [6.07, 6.45) is 1.58. The largest absolute Gasteiger partial charge is 0.460 e. The number of piperidine rings is 1. The van der Waals surface area contributed by atoms with Gasteiger partial charge in [0.15, 0.2) is 0 Å². The van der Waals surface area contributed by atoms with Gasteiger partial charge >= 0.3 is 5.97 Å². The molecule has 2 heterocycles. The van der Waals surface area contributed by atoms with Crippen LogP contribution < -0.4 is 0 Å². The number of carbonyl (C=O) groups is 3. The van der Waals surface area contributed by atoms with Crippen molar-refractivity contribution >= 4 is 17.8 Å². The maximum atomic E-state index is 12.3. The van der Waals surface area contributed by atoms with Gasteiger partial charge in [-0.1, -0.05) is 5.11 Å². The molecule has 9 nitrogen and oxygen atoms in total. The van der Waals surface area contributed by atoms with Crippen LogP contribution in [0.4, 0.5) is 0 Å². The van der Waals surface area contributed by atoms with E-state index < -0.39 is 11.8 Å². The molecule has 0 unspecified atom stereocenters. The summed E-state index contributed by atoms with van der Waals surface area (Å²) in [5.41, 5.74) is 8.31. The molecule has 2 amide bonds. The molecule has 0 aromatic heterocycles. The van der Waals surface area contributed by atoms with Gasteiger partial charge in [-0.2, -0.15) is 0 Å². The summed E-state index contributed by atoms with van der Waals surface area (Å²) >= 11 is 0. The van der Waals surface area contributed by atoms with E-state index in [1.54, 1.807) is 0 Å². The third kappa shape index (κ3) is 5.44. The fourth-order valence-corrected chi connectivity index (χ4v) is 3.30. The lowest BCUT2D eigenvalue weighted by molar-refractivity contribution is -0.162. The molecule has 2 aliphatic rings. The van der Waals surface area contributed by atoms with Gasteiger partial charge in [0.25, 0.3) is 0 Å². The molecule has 0 spiro atoms. The van der Waals surface area contributed by atoms with Gasteiger partial charge in [0.1, 0.15) is 5.60 Å². The number of hydrogen-bond acceptors (Lipinski definition) is 6. The van der Waals surface area contributed by atoms with E-state index in [2.05, 4.69) is 10.0 Å². The van der Waals surface area contributed by atoms with Gasteiger partial charge in [-0.05, 0) is 58.7 Å². The Balaban J connectivity index is 1.91. The van der Waals surface area contributed by atoms with Crippen LogP contribution in [-0.4, -0.2) is 59.0 Å². The van der Waals surface area contributed by atoms with Crippen LogP contribution in [0.15, 0.2) is 5.11 Å². The van der Waals surface area contributed by atoms with Gasteiger partial charge in [-0.3, -0.25) is 24.2 Å². The van der Waals surface area contributed by atoms with Gasteiger partial charge in [-0.15, -0.1) is 0 Å². The topological polar surface area (TPSA) is 116 Å². The third-order valence-corrected chi connectivity index (χ3v) is 4.61. The summed E-state index contributed by atoms with van der Waals surface area (Å²) < 4.78 is 5.43. The Morgan fingerprint density at radius 1 is 1.31 bits per heavy atom. The van der Waals surface area contributed by atoms with E-state index in [0.29, 0.717) is 45.3 Å². The highest BCUT2D eigenvalue weighted by molar-refractivity contribution is 5.96. The summed E-state index contributed by atoms with van der Waals surface area (Å²) in [6.45, 7) is 7.01. The molecule has 1 atom stereocenters. The standard InChI is InChI=1S/C17H27N5O4/c1-17(2,3)26-16(25)12-6-9-21(10-7-12)13(19-20-18)11-15(24)22-8-4-5-14(22)23/h12-13H,4-11H2,1-3H3/t13-/m0/s1. The minimum absolute atomic E-state index is 0.0209. The Bertz CT molecular complexity index is 601. The maximum absolute atomic E-state index is 12.3. The Kier molecular flexibility index (Phi) is 6.61. The summed E-state index contributed by atoms with van der Waals surface area (Å²) in [7, 11) is 0. The van der Waals surface area contributed by atoms with Crippen molar-refractivity contribution in [3.8, 4) is 0 Å². The number of likely N-dealkylation sites (tertiary alicyclic amines) is 2. The first-order chi connectivity index (χ1) is 12.2. The van der Waals surface area contributed by atoms with Crippen molar-refractivity contribution in [2.45, 2.75) is 64.6 Å². The summed E-state index contributed by atoms with van der Waals surface area (Å²) in [6, 6.07) is 0. The smallest absolute Gasteiger partial charge is 0.309 e. The van der Waals surface area contributed by atoms with Crippen LogP contribution in [0.5, 0.6) is 0 Å². The second-order valence-electron chi connectivity index (χ2n) is 7.78. The van der Waals surface area contributed by atoms with Crippen LogP contribution in [0.25, 0.3) is 10.4 Å². The summed E-state index contributed by atoms with van der Waals surface area (Å²) in [5.74, 6) is -0.873. The Hall–Kier alpha value is -2.12. The number of esters is 1. The molecule has 2 rings (SSSR count). The van der Waals surface area contributed by atoms with Crippen LogP contribution in [-0.2, 0) is 19.1 Å². The number of nitrogens with zero attached hydrogens (tertiary/aromatic N) is 5. The number of hydrogen-bond donors (Lipinski definition) is 0. The van der Waals surface area contributed by atoms with Crippen LogP contribution in [0.3, 0.4) is 0 Å². The monoisotopic (exact) mass is 365 g/mol. The first-order valence-corrected chi connectivity index (χ1v) is 9.05.